The number of ether oxygens (including phenoxy) is 1. The van der Waals surface area contributed by atoms with Gasteiger partial charge in [-0.15, -0.1) is 13.2 Å². The molecule has 0 aliphatic heterocycles. The minimum Gasteiger partial charge on any atom is -0.285 e. The molecule has 0 unspecified atom stereocenters. The van der Waals surface area contributed by atoms with Crippen molar-refractivity contribution in [3.63, 3.8) is 0 Å². The Kier molecular flexibility index (Phi) is 7.01. The third-order valence-corrected chi connectivity index (χ3v) is 3.15. The van der Waals surface area contributed by atoms with Gasteiger partial charge in [0.25, 0.3) is 0 Å². The lowest BCUT2D eigenvalue weighted by Gasteiger charge is -2.42. The van der Waals surface area contributed by atoms with E-state index < -0.39 is 60.9 Å². The Hall–Kier alpha value is -1.37. The molecule has 0 atom stereocenters. The van der Waals surface area contributed by atoms with Crippen LogP contribution in [-0.4, -0.2) is 60.9 Å². The third-order valence-electron chi connectivity index (χ3n) is 3.15. The maximum Gasteiger partial charge on any atom is 0.522 e. The van der Waals surface area contributed by atoms with Gasteiger partial charge in [0.05, 0.1) is 0 Å². The van der Waals surface area contributed by atoms with Crippen LogP contribution in [0.1, 0.15) is 0 Å². The number of hydrogen-bond donors (Lipinski definition) is 0. The van der Waals surface area contributed by atoms with Crippen LogP contribution in [0.5, 0.6) is 0 Å². The Labute approximate surface area is 150 Å². The molecule has 0 N–H and O–H groups in total. The lowest BCUT2D eigenvalue weighted by molar-refractivity contribution is -0.452. The van der Waals surface area contributed by atoms with Crippen molar-refractivity contribution in [2.75, 3.05) is 6.61 Å². The Balaban J connectivity index is 6.46. The fraction of sp³-hybridized carbons (Fsp3) is 1.00. The summed E-state index contributed by atoms with van der Waals surface area (Å²) >= 11 is 0. The number of rotatable bonds is 9. The van der Waals surface area contributed by atoms with Gasteiger partial charge in [-0.05, 0) is 0 Å². The second-order valence-electron chi connectivity index (χ2n) is 5.23. The molecule has 0 bridgehead atoms. The first-order chi connectivity index (χ1) is 12.7. The van der Waals surface area contributed by atoms with Gasteiger partial charge in [0.15, 0.2) is 0 Å². The average molecular weight is 500 g/mol. The van der Waals surface area contributed by atoms with Crippen LogP contribution in [0.4, 0.5) is 83.4 Å². The van der Waals surface area contributed by atoms with E-state index in [1.54, 1.807) is 0 Å². The van der Waals surface area contributed by atoms with Gasteiger partial charge in [0.1, 0.15) is 6.61 Å². The summed E-state index contributed by atoms with van der Waals surface area (Å²) in [5, 5.41) is 0. The van der Waals surface area contributed by atoms with Crippen molar-refractivity contribution in [2.24, 2.45) is 0 Å². The van der Waals surface area contributed by atoms with Crippen molar-refractivity contribution >= 4 is 0 Å². The van der Waals surface area contributed by atoms with Crippen LogP contribution in [0.3, 0.4) is 0 Å². The second kappa shape index (κ2) is 7.35. The minimum atomic E-state index is -8.66. The van der Waals surface area contributed by atoms with Crippen molar-refractivity contribution < 1.29 is 88.2 Å². The molecule has 0 aliphatic rings. The van der Waals surface area contributed by atoms with E-state index in [9.17, 15) is 83.4 Å². The molecule has 182 valence electrons. The van der Waals surface area contributed by atoms with Crippen LogP contribution in [0.15, 0.2) is 0 Å². The van der Waals surface area contributed by atoms with E-state index in [2.05, 4.69) is 0 Å². The molecule has 0 amide bonds. The van der Waals surface area contributed by atoms with Crippen molar-refractivity contribution in [3.8, 4) is 0 Å². The van der Waals surface area contributed by atoms with Gasteiger partial charge in [0.2, 0.25) is 0 Å². The van der Waals surface area contributed by atoms with Gasteiger partial charge < -0.3 is 0 Å². The van der Waals surface area contributed by atoms with Gasteiger partial charge in [-0.25, -0.2) is 8.78 Å². The van der Waals surface area contributed by atoms with E-state index >= 15 is 0 Å². The van der Waals surface area contributed by atoms with Crippen molar-refractivity contribution in [1.29, 1.82) is 0 Å². The van der Waals surface area contributed by atoms with Crippen molar-refractivity contribution in [2.45, 2.75) is 54.2 Å². The summed E-state index contributed by atoms with van der Waals surface area (Å²) in [6.45, 7) is -3.95. The van der Waals surface area contributed by atoms with E-state index in [1.807, 2.05) is 4.74 Å². The van der Waals surface area contributed by atoms with Crippen LogP contribution in [-0.2, 0) is 4.74 Å². The number of alkyl halides is 19. The zero-order valence-corrected chi connectivity index (χ0v) is 12.9. The predicted molar refractivity (Wildman–Crippen MR) is 52.6 cm³/mol. The summed E-state index contributed by atoms with van der Waals surface area (Å²) in [5.41, 5.74) is 0. The fourth-order valence-electron chi connectivity index (χ4n) is 1.43. The highest BCUT2D eigenvalue weighted by atomic mass is 19.4. The molecule has 0 fully saturated rings. The van der Waals surface area contributed by atoms with Crippen LogP contribution >= 0.6 is 0 Å². The Bertz CT molecular complexity index is 601. The van der Waals surface area contributed by atoms with E-state index in [4.69, 9.17) is 0 Å². The summed E-state index contributed by atoms with van der Waals surface area (Å²) in [7, 11) is 0. The molecule has 0 radical (unpaired) electrons. The highest BCUT2D eigenvalue weighted by Crippen LogP contribution is 2.62. The van der Waals surface area contributed by atoms with Crippen molar-refractivity contribution in [3.05, 3.63) is 0 Å². The lowest BCUT2D eigenvalue weighted by Crippen LogP contribution is -2.74. The number of halogens is 19. The smallest absolute Gasteiger partial charge is 0.285 e. The van der Waals surface area contributed by atoms with Crippen molar-refractivity contribution in [1.82, 2.24) is 0 Å². The van der Waals surface area contributed by atoms with E-state index in [0.29, 0.717) is 0 Å². The van der Waals surface area contributed by atoms with Gasteiger partial charge in [-0.2, -0.15) is 61.5 Å². The SMILES string of the molecule is FC(F)C(F)(F)C(F)(F)C(F)(F)C(F)(F)C(F)(F)C(F)(F)C(F)(F)COC(F)(F)F. The average Bonchev–Trinajstić information content (AvgIpc) is 2.51. The van der Waals surface area contributed by atoms with Crippen LogP contribution in [0, 0.1) is 0 Å². The molecule has 0 saturated carbocycles. The predicted octanol–water partition coefficient (Wildman–Crippen LogP) is 6.24. The van der Waals surface area contributed by atoms with Gasteiger partial charge >= 0.3 is 54.2 Å². The molecule has 0 rings (SSSR count). The van der Waals surface area contributed by atoms with Gasteiger partial charge in [-0.1, -0.05) is 0 Å². The van der Waals surface area contributed by atoms with Gasteiger partial charge in [0, 0.05) is 0 Å². The maximum atomic E-state index is 13.1. The summed E-state index contributed by atoms with van der Waals surface area (Å²) in [6, 6.07) is 0. The highest BCUT2D eigenvalue weighted by molar-refractivity contribution is 5.14. The minimum absolute atomic E-state index is 1.96. The zero-order valence-electron chi connectivity index (χ0n) is 12.9. The molecule has 0 heterocycles. The molecule has 1 nitrogen and oxygen atoms in total. The summed E-state index contributed by atoms with van der Waals surface area (Å²) in [5.74, 6) is -56.9. The monoisotopic (exact) mass is 500 g/mol. The van der Waals surface area contributed by atoms with E-state index in [0.717, 1.165) is 0 Å². The molecule has 0 spiro atoms. The Morgan fingerprint density at radius 3 is 1.07 bits per heavy atom. The normalized spacial score (nSPS) is 16.4. The highest BCUT2D eigenvalue weighted by Gasteiger charge is 2.93. The summed E-state index contributed by atoms with van der Waals surface area (Å²) in [6.07, 6.45) is -12.3. The van der Waals surface area contributed by atoms with Gasteiger partial charge in [-0.3, -0.25) is 4.74 Å². The molecule has 0 aliphatic carbocycles. The van der Waals surface area contributed by atoms with E-state index in [1.165, 1.54) is 0 Å². The first-order valence-corrected chi connectivity index (χ1v) is 6.28. The fourth-order valence-corrected chi connectivity index (χ4v) is 1.43. The van der Waals surface area contributed by atoms with Crippen LogP contribution in [0.2, 0.25) is 0 Å². The molecule has 20 heteroatoms. The molecular weight excluding hydrogens is 497 g/mol. The summed E-state index contributed by atoms with van der Waals surface area (Å²) in [4.78, 5) is 0. The standard InChI is InChI=1S/C10H3F19O/c11-2(12)4(15,16)6(19,20)8(23,24)9(25,26)7(21,22)5(17,18)3(13,14)1-30-10(27,28)29/h2H,1H2. The third kappa shape index (κ3) is 4.06. The first kappa shape index (κ1) is 28.6. The molecule has 0 aromatic rings. The Morgan fingerprint density at radius 1 is 0.467 bits per heavy atom. The van der Waals surface area contributed by atoms with Crippen LogP contribution < -0.4 is 0 Å². The lowest BCUT2D eigenvalue weighted by atomic mass is 9.89. The number of hydrogen-bond acceptors (Lipinski definition) is 1. The quantitative estimate of drug-likeness (QED) is 0.341. The van der Waals surface area contributed by atoms with E-state index in [-0.39, 0.29) is 0 Å². The molecule has 0 saturated heterocycles. The summed E-state index contributed by atoms with van der Waals surface area (Å²) < 4.78 is 241. The largest absolute Gasteiger partial charge is 0.522 e. The second-order valence-corrected chi connectivity index (χ2v) is 5.23. The molecule has 0 aromatic heterocycles. The van der Waals surface area contributed by atoms with Crippen LogP contribution in [0.25, 0.3) is 0 Å². The Morgan fingerprint density at radius 2 is 0.767 bits per heavy atom. The molecular formula is C10H3F19O. The first-order valence-electron chi connectivity index (χ1n) is 6.28. The zero-order chi connectivity index (χ0) is 25.0. The molecule has 0 aromatic carbocycles. The maximum absolute atomic E-state index is 13.1. The topological polar surface area (TPSA) is 9.23 Å². The molecule has 30 heavy (non-hydrogen) atoms.